The van der Waals surface area contributed by atoms with Crippen molar-refractivity contribution in [1.82, 2.24) is 0 Å². The molecular formula is C25H21NO5. The molecule has 4 aromatic rings. The quantitative estimate of drug-likeness (QED) is 0.496. The first-order valence-electron chi connectivity index (χ1n) is 9.71. The van der Waals surface area contributed by atoms with Crippen molar-refractivity contribution < 1.29 is 18.7 Å². The Bertz CT molecular complexity index is 1290. The number of benzene rings is 3. The summed E-state index contributed by atoms with van der Waals surface area (Å²) in [7, 11) is 3.11. The predicted octanol–water partition coefficient (Wildman–Crippen LogP) is 4.66. The van der Waals surface area contributed by atoms with E-state index in [1.165, 1.54) is 6.07 Å². The largest absolute Gasteiger partial charge is 0.493 e. The van der Waals surface area contributed by atoms with Gasteiger partial charge < -0.3 is 19.2 Å². The molecule has 0 unspecified atom stereocenters. The second kappa shape index (κ2) is 8.75. The highest BCUT2D eigenvalue weighted by atomic mass is 16.5. The van der Waals surface area contributed by atoms with Gasteiger partial charge in [-0.05, 0) is 42.0 Å². The Morgan fingerprint density at radius 3 is 2.42 bits per heavy atom. The minimum absolute atomic E-state index is 0.156. The highest BCUT2D eigenvalue weighted by molar-refractivity contribution is 5.94. The zero-order chi connectivity index (χ0) is 21.8. The Morgan fingerprint density at radius 2 is 1.68 bits per heavy atom. The van der Waals surface area contributed by atoms with Gasteiger partial charge in [-0.3, -0.25) is 9.59 Å². The number of carbonyl (C=O) groups excluding carboxylic acids is 1. The molecule has 1 amide bonds. The molecule has 0 saturated heterocycles. The Balaban J connectivity index is 1.61. The van der Waals surface area contributed by atoms with Crippen LogP contribution in [0.25, 0.3) is 22.3 Å². The molecule has 0 spiro atoms. The first-order valence-corrected chi connectivity index (χ1v) is 9.71. The van der Waals surface area contributed by atoms with Crippen LogP contribution in [0.4, 0.5) is 5.69 Å². The zero-order valence-corrected chi connectivity index (χ0v) is 17.2. The van der Waals surface area contributed by atoms with Gasteiger partial charge >= 0.3 is 0 Å². The first-order chi connectivity index (χ1) is 15.1. The second-order valence-corrected chi connectivity index (χ2v) is 6.97. The van der Waals surface area contributed by atoms with E-state index in [0.29, 0.717) is 39.5 Å². The monoisotopic (exact) mass is 415 g/mol. The van der Waals surface area contributed by atoms with Crippen LogP contribution in [0.5, 0.6) is 11.5 Å². The van der Waals surface area contributed by atoms with Crippen molar-refractivity contribution in [3.8, 4) is 22.8 Å². The number of rotatable bonds is 6. The molecule has 0 atom stereocenters. The number of ether oxygens (including phenoxy) is 2. The normalized spacial score (nSPS) is 10.6. The molecule has 0 radical (unpaired) electrons. The van der Waals surface area contributed by atoms with E-state index in [-0.39, 0.29) is 17.8 Å². The zero-order valence-electron chi connectivity index (χ0n) is 17.2. The van der Waals surface area contributed by atoms with Crippen LogP contribution in [-0.2, 0) is 11.2 Å². The molecule has 0 aliphatic heterocycles. The van der Waals surface area contributed by atoms with Crippen LogP contribution >= 0.6 is 0 Å². The van der Waals surface area contributed by atoms with Gasteiger partial charge in [0.2, 0.25) is 5.91 Å². The van der Waals surface area contributed by atoms with Gasteiger partial charge in [0, 0.05) is 17.3 Å². The van der Waals surface area contributed by atoms with Crippen molar-refractivity contribution >= 4 is 22.6 Å². The maximum absolute atomic E-state index is 12.8. The van der Waals surface area contributed by atoms with Crippen LogP contribution in [-0.4, -0.2) is 20.1 Å². The van der Waals surface area contributed by atoms with Crippen molar-refractivity contribution in [1.29, 1.82) is 0 Å². The number of nitrogens with one attached hydrogen (secondary N) is 1. The molecule has 0 fully saturated rings. The molecule has 156 valence electrons. The van der Waals surface area contributed by atoms with Crippen LogP contribution < -0.4 is 20.2 Å². The van der Waals surface area contributed by atoms with Crippen molar-refractivity contribution in [2.24, 2.45) is 0 Å². The maximum atomic E-state index is 12.8. The summed E-state index contributed by atoms with van der Waals surface area (Å²) in [5, 5.41) is 3.22. The maximum Gasteiger partial charge on any atom is 0.228 e. The van der Waals surface area contributed by atoms with Crippen molar-refractivity contribution in [2.45, 2.75) is 6.42 Å². The van der Waals surface area contributed by atoms with E-state index in [0.717, 1.165) is 5.56 Å². The van der Waals surface area contributed by atoms with Gasteiger partial charge in [-0.2, -0.15) is 0 Å². The highest BCUT2D eigenvalue weighted by Gasteiger charge is 2.12. The lowest BCUT2D eigenvalue weighted by atomic mass is 10.1. The fourth-order valence-corrected chi connectivity index (χ4v) is 3.35. The van der Waals surface area contributed by atoms with E-state index >= 15 is 0 Å². The molecule has 1 heterocycles. The van der Waals surface area contributed by atoms with E-state index in [2.05, 4.69) is 5.32 Å². The fraction of sp³-hybridized carbons (Fsp3) is 0.120. The van der Waals surface area contributed by atoms with E-state index in [1.807, 2.05) is 30.3 Å². The third-order valence-corrected chi connectivity index (χ3v) is 4.89. The summed E-state index contributed by atoms with van der Waals surface area (Å²) in [5.41, 5.74) is 2.37. The SMILES string of the molecule is COc1ccc(-c2cc(=O)c3cc(NC(=O)Cc4ccccc4)ccc3o2)cc1OC. The van der Waals surface area contributed by atoms with Gasteiger partial charge in [0.25, 0.3) is 0 Å². The molecule has 0 aliphatic rings. The lowest BCUT2D eigenvalue weighted by molar-refractivity contribution is -0.115. The molecular weight excluding hydrogens is 394 g/mol. The van der Waals surface area contributed by atoms with E-state index in [4.69, 9.17) is 13.9 Å². The lowest BCUT2D eigenvalue weighted by Crippen LogP contribution is -2.14. The number of hydrogen-bond acceptors (Lipinski definition) is 5. The topological polar surface area (TPSA) is 77.8 Å². The standard InChI is InChI=1S/C25H21NO5/c1-29-22-10-8-17(13-24(22)30-2)23-15-20(27)19-14-18(9-11-21(19)31-23)26-25(28)12-16-6-4-3-5-7-16/h3-11,13-15H,12H2,1-2H3,(H,26,28). The summed E-state index contributed by atoms with van der Waals surface area (Å²) in [6.45, 7) is 0. The first kappa shape index (κ1) is 20.2. The number of carbonyl (C=O) groups is 1. The molecule has 6 heteroatoms. The van der Waals surface area contributed by atoms with Gasteiger partial charge in [-0.25, -0.2) is 0 Å². The second-order valence-electron chi connectivity index (χ2n) is 6.97. The molecule has 0 aliphatic carbocycles. The number of amides is 1. The molecule has 4 rings (SSSR count). The van der Waals surface area contributed by atoms with Crippen molar-refractivity contribution in [3.63, 3.8) is 0 Å². The Hall–Kier alpha value is -4.06. The molecule has 0 saturated carbocycles. The van der Waals surface area contributed by atoms with Gasteiger partial charge in [0.05, 0.1) is 26.0 Å². The van der Waals surface area contributed by atoms with Crippen LogP contribution in [0, 0.1) is 0 Å². The molecule has 1 N–H and O–H groups in total. The number of methoxy groups -OCH3 is 2. The predicted molar refractivity (Wildman–Crippen MR) is 120 cm³/mol. The Morgan fingerprint density at radius 1 is 0.903 bits per heavy atom. The number of fused-ring (bicyclic) bond motifs is 1. The average Bonchev–Trinajstić information content (AvgIpc) is 2.79. The fourth-order valence-electron chi connectivity index (χ4n) is 3.35. The van der Waals surface area contributed by atoms with E-state index < -0.39 is 0 Å². The average molecular weight is 415 g/mol. The van der Waals surface area contributed by atoms with Gasteiger partial charge in [0.1, 0.15) is 11.3 Å². The summed E-state index contributed by atoms with van der Waals surface area (Å²) >= 11 is 0. The van der Waals surface area contributed by atoms with Crippen LogP contribution in [0.3, 0.4) is 0 Å². The summed E-state index contributed by atoms with van der Waals surface area (Å²) in [6, 6.07) is 21.2. The summed E-state index contributed by atoms with van der Waals surface area (Å²) < 4.78 is 16.5. The van der Waals surface area contributed by atoms with Crippen molar-refractivity contribution in [2.75, 3.05) is 19.5 Å². The molecule has 6 nitrogen and oxygen atoms in total. The van der Waals surface area contributed by atoms with Crippen LogP contribution in [0.15, 0.2) is 82.0 Å². The lowest BCUT2D eigenvalue weighted by Gasteiger charge is -2.10. The highest BCUT2D eigenvalue weighted by Crippen LogP contribution is 2.33. The number of anilines is 1. The third kappa shape index (κ3) is 4.43. The molecule has 1 aromatic heterocycles. The van der Waals surface area contributed by atoms with Crippen LogP contribution in [0.2, 0.25) is 0 Å². The molecule has 3 aromatic carbocycles. The summed E-state index contributed by atoms with van der Waals surface area (Å²) in [5.74, 6) is 1.39. The minimum Gasteiger partial charge on any atom is -0.493 e. The third-order valence-electron chi connectivity index (χ3n) is 4.89. The molecule has 31 heavy (non-hydrogen) atoms. The summed E-state index contributed by atoms with van der Waals surface area (Å²) in [4.78, 5) is 25.1. The van der Waals surface area contributed by atoms with Crippen LogP contribution in [0.1, 0.15) is 5.56 Å². The Kier molecular flexibility index (Phi) is 5.71. The summed E-state index contributed by atoms with van der Waals surface area (Å²) in [6.07, 6.45) is 0.256. The smallest absolute Gasteiger partial charge is 0.228 e. The number of hydrogen-bond donors (Lipinski definition) is 1. The van der Waals surface area contributed by atoms with Crippen molar-refractivity contribution in [3.05, 3.63) is 88.6 Å². The van der Waals surface area contributed by atoms with E-state index in [9.17, 15) is 9.59 Å². The van der Waals surface area contributed by atoms with Gasteiger partial charge in [-0.1, -0.05) is 30.3 Å². The molecule has 0 bridgehead atoms. The Labute approximate surface area is 179 Å². The van der Waals surface area contributed by atoms with E-state index in [1.54, 1.807) is 50.6 Å². The van der Waals surface area contributed by atoms with Gasteiger partial charge in [0.15, 0.2) is 16.9 Å². The minimum atomic E-state index is -0.204. The van der Waals surface area contributed by atoms with Gasteiger partial charge in [-0.15, -0.1) is 0 Å².